The van der Waals surface area contributed by atoms with Gasteiger partial charge in [-0.05, 0) is 88.1 Å². The second-order valence-electron chi connectivity index (χ2n) is 10.5. The van der Waals surface area contributed by atoms with Crippen molar-refractivity contribution in [3.8, 4) is 16.9 Å². The summed E-state index contributed by atoms with van der Waals surface area (Å²) in [4.78, 5) is 36.2. The number of aldehydes is 1. The molecule has 9 heteroatoms. The average Bonchev–Trinajstić information content (AvgIpc) is 2.92. The minimum Gasteiger partial charge on any atom is -0.491 e. The van der Waals surface area contributed by atoms with E-state index in [1.807, 2.05) is 97.1 Å². The molecule has 0 saturated heterocycles. The predicted molar refractivity (Wildman–Crippen MR) is 161 cm³/mol. The highest BCUT2D eigenvalue weighted by molar-refractivity contribution is 5.97. The van der Waals surface area contributed by atoms with Gasteiger partial charge in [0.2, 0.25) is 0 Å². The highest BCUT2D eigenvalue weighted by atomic mass is 16.6. The third-order valence-electron chi connectivity index (χ3n) is 6.00. The third-order valence-corrected chi connectivity index (χ3v) is 6.00. The van der Waals surface area contributed by atoms with Gasteiger partial charge in [0.25, 0.3) is 5.91 Å². The van der Waals surface area contributed by atoms with E-state index in [0.29, 0.717) is 43.3 Å². The zero-order chi connectivity index (χ0) is 30.4. The van der Waals surface area contributed by atoms with Crippen molar-refractivity contribution < 1.29 is 28.6 Å². The maximum atomic E-state index is 13.0. The summed E-state index contributed by atoms with van der Waals surface area (Å²) < 4.78 is 16.4. The van der Waals surface area contributed by atoms with Gasteiger partial charge in [-0.3, -0.25) is 9.59 Å². The first-order chi connectivity index (χ1) is 19.4. The number of allylic oxidation sites excluding steroid dienone is 3. The fourth-order valence-electron chi connectivity index (χ4n) is 3.68. The summed E-state index contributed by atoms with van der Waals surface area (Å²) in [6.45, 7) is 12.6. The van der Waals surface area contributed by atoms with Crippen LogP contribution in [-0.4, -0.2) is 63.8 Å². The summed E-state index contributed by atoms with van der Waals surface area (Å²) in [6, 6.07) is 13.3. The second-order valence-corrected chi connectivity index (χ2v) is 10.5. The molecule has 2 aromatic carbocycles. The number of rotatable bonds is 14. The highest BCUT2D eigenvalue weighted by Crippen LogP contribution is 2.25. The Balaban J connectivity index is 1.88. The Bertz CT molecular complexity index is 1240. The van der Waals surface area contributed by atoms with Crippen molar-refractivity contribution in [2.45, 2.75) is 47.1 Å². The van der Waals surface area contributed by atoms with Crippen LogP contribution in [0.4, 0.5) is 4.79 Å². The van der Waals surface area contributed by atoms with Gasteiger partial charge in [-0.1, -0.05) is 24.3 Å². The van der Waals surface area contributed by atoms with Crippen molar-refractivity contribution in [1.29, 1.82) is 0 Å². The first-order valence-corrected chi connectivity index (χ1v) is 13.6. The molecule has 2 amide bonds. The molecule has 0 atom stereocenters. The van der Waals surface area contributed by atoms with Gasteiger partial charge >= 0.3 is 6.09 Å². The molecule has 2 aromatic rings. The summed E-state index contributed by atoms with van der Waals surface area (Å²) in [7, 11) is 1.81. The Morgan fingerprint density at radius 2 is 1.61 bits per heavy atom. The number of nitrogens with one attached hydrogen (secondary N) is 3. The van der Waals surface area contributed by atoms with Crippen LogP contribution in [-0.2, 0) is 14.3 Å². The van der Waals surface area contributed by atoms with Gasteiger partial charge in [0, 0.05) is 37.0 Å². The fourth-order valence-corrected chi connectivity index (χ4v) is 3.68. The molecular weight excluding hydrogens is 522 g/mol. The molecule has 0 saturated carbocycles. The Kier molecular flexibility index (Phi) is 13.1. The minimum absolute atomic E-state index is 0.140. The number of carbonyl (C=O) groups excluding carboxylic acids is 3. The number of benzene rings is 2. The molecule has 0 spiro atoms. The van der Waals surface area contributed by atoms with Gasteiger partial charge in [0.1, 0.15) is 24.2 Å². The molecule has 0 aliphatic carbocycles. The van der Waals surface area contributed by atoms with Crippen molar-refractivity contribution >= 4 is 18.3 Å². The number of carbonyl (C=O) groups is 3. The van der Waals surface area contributed by atoms with Gasteiger partial charge in [-0.25, -0.2) is 4.79 Å². The summed E-state index contributed by atoms with van der Waals surface area (Å²) >= 11 is 0. The van der Waals surface area contributed by atoms with E-state index in [0.717, 1.165) is 34.2 Å². The van der Waals surface area contributed by atoms with Gasteiger partial charge in [-0.2, -0.15) is 0 Å². The van der Waals surface area contributed by atoms with Crippen molar-refractivity contribution in [2.24, 2.45) is 0 Å². The number of hydrogen-bond acceptors (Lipinski definition) is 7. The lowest BCUT2D eigenvalue weighted by atomic mass is 9.99. The molecule has 0 aliphatic rings. The first kappa shape index (κ1) is 33.1. The number of hydrogen-bond donors (Lipinski definition) is 3. The molecule has 9 nitrogen and oxygen atoms in total. The summed E-state index contributed by atoms with van der Waals surface area (Å²) in [6.07, 6.45) is 2.17. The Morgan fingerprint density at radius 1 is 0.927 bits per heavy atom. The van der Waals surface area contributed by atoms with Gasteiger partial charge in [0.05, 0.1) is 13.2 Å². The summed E-state index contributed by atoms with van der Waals surface area (Å²) in [5.74, 6) is 0.451. The van der Waals surface area contributed by atoms with Crippen molar-refractivity contribution in [3.63, 3.8) is 0 Å². The van der Waals surface area contributed by atoms with Gasteiger partial charge < -0.3 is 30.2 Å². The maximum absolute atomic E-state index is 13.0. The Hall–Kier alpha value is -4.11. The Labute approximate surface area is 243 Å². The molecule has 0 heterocycles. The van der Waals surface area contributed by atoms with Gasteiger partial charge in [-0.15, -0.1) is 0 Å². The predicted octanol–water partition coefficient (Wildman–Crippen LogP) is 4.95. The number of amides is 2. The van der Waals surface area contributed by atoms with E-state index in [-0.39, 0.29) is 12.5 Å². The lowest BCUT2D eigenvalue weighted by Crippen LogP contribution is -2.34. The molecule has 222 valence electrons. The van der Waals surface area contributed by atoms with E-state index < -0.39 is 11.7 Å². The van der Waals surface area contributed by atoms with Crippen LogP contribution in [0.5, 0.6) is 5.75 Å². The molecule has 41 heavy (non-hydrogen) atoms. The molecule has 0 fully saturated rings. The molecule has 0 aliphatic heterocycles. The molecule has 0 unspecified atom stereocenters. The van der Waals surface area contributed by atoms with E-state index in [9.17, 15) is 14.4 Å². The molecule has 2 rings (SSSR count). The normalized spacial score (nSPS) is 12.2. The lowest BCUT2D eigenvalue weighted by Gasteiger charge is -2.19. The van der Waals surface area contributed by atoms with Crippen LogP contribution in [0.15, 0.2) is 65.4 Å². The van der Waals surface area contributed by atoms with Crippen LogP contribution in [0.2, 0.25) is 0 Å². The second kappa shape index (κ2) is 16.2. The largest absolute Gasteiger partial charge is 0.491 e. The third kappa shape index (κ3) is 11.9. The smallest absolute Gasteiger partial charge is 0.407 e. The van der Waals surface area contributed by atoms with Crippen molar-refractivity contribution in [3.05, 3.63) is 76.5 Å². The average molecular weight is 566 g/mol. The van der Waals surface area contributed by atoms with Crippen LogP contribution in [0.1, 0.15) is 50.5 Å². The van der Waals surface area contributed by atoms with Crippen LogP contribution in [0.25, 0.3) is 11.1 Å². The molecular formula is C32H43N3O6. The van der Waals surface area contributed by atoms with Crippen molar-refractivity contribution in [2.75, 3.05) is 40.0 Å². The van der Waals surface area contributed by atoms with E-state index >= 15 is 0 Å². The van der Waals surface area contributed by atoms with Gasteiger partial charge in [0.15, 0.2) is 0 Å². The molecule has 0 aromatic heterocycles. The van der Waals surface area contributed by atoms with E-state index in [4.69, 9.17) is 14.2 Å². The first-order valence-electron chi connectivity index (χ1n) is 13.6. The monoisotopic (exact) mass is 565 g/mol. The summed E-state index contributed by atoms with van der Waals surface area (Å²) in [5.41, 5.74) is 4.91. The van der Waals surface area contributed by atoms with Crippen LogP contribution < -0.4 is 20.7 Å². The van der Waals surface area contributed by atoms with E-state index in [2.05, 4.69) is 16.0 Å². The van der Waals surface area contributed by atoms with E-state index in [1.165, 1.54) is 0 Å². The van der Waals surface area contributed by atoms with Crippen LogP contribution in [0, 0.1) is 6.92 Å². The lowest BCUT2D eigenvalue weighted by molar-refractivity contribution is -0.105. The van der Waals surface area contributed by atoms with Crippen molar-refractivity contribution in [1.82, 2.24) is 16.0 Å². The maximum Gasteiger partial charge on any atom is 0.407 e. The number of aryl methyl sites for hydroxylation is 1. The SMILES string of the molecule is CN/C(C)=C\C(C)=C(/C=O)CNC(=O)c1cc(-c2ccc(OCCOCCNC(=O)OC(C)(C)C)cc2)ccc1C. The standard InChI is InChI=1S/C32H43N3O6/c1-22-8-9-26(19-29(22)30(37)35-20-27(21-36)23(2)18-24(3)33-7)25-10-12-28(13-11-25)40-17-16-39-15-14-34-31(38)41-32(4,5)6/h8-13,18-19,21,33H,14-17,20H2,1-7H3,(H,34,38)(H,35,37)/b24-18-,27-23-. The molecule has 0 bridgehead atoms. The summed E-state index contributed by atoms with van der Waals surface area (Å²) in [5, 5.41) is 8.53. The number of alkyl carbamates (subject to hydrolysis) is 1. The Morgan fingerprint density at radius 3 is 2.24 bits per heavy atom. The quantitative estimate of drug-likeness (QED) is 0.129. The zero-order valence-electron chi connectivity index (χ0n) is 25.2. The molecule has 3 N–H and O–H groups in total. The fraction of sp³-hybridized carbons (Fsp3) is 0.406. The van der Waals surface area contributed by atoms with E-state index in [1.54, 1.807) is 0 Å². The topological polar surface area (TPSA) is 115 Å². The zero-order valence-corrected chi connectivity index (χ0v) is 25.2. The van der Waals surface area contributed by atoms with Crippen LogP contribution >= 0.6 is 0 Å². The number of ether oxygens (including phenoxy) is 3. The minimum atomic E-state index is -0.535. The molecule has 0 radical (unpaired) electrons. The highest BCUT2D eigenvalue weighted by Gasteiger charge is 2.15. The van der Waals surface area contributed by atoms with Crippen LogP contribution in [0.3, 0.4) is 0 Å².